The molecule has 0 saturated heterocycles. The fraction of sp³-hybridized carbons (Fsp3) is 0.0833. The standard InChI is InChI=1S/C12H12N2/c1-9-7-11(13)12(14-8-9)10-5-3-2-4-6-10/h2-8H,13H2,1H3. The van der Waals surface area contributed by atoms with Gasteiger partial charge in [0, 0.05) is 11.8 Å². The van der Waals surface area contributed by atoms with Crippen LogP contribution in [-0.4, -0.2) is 4.98 Å². The van der Waals surface area contributed by atoms with Crippen LogP contribution in [0, 0.1) is 6.92 Å². The third-order valence-electron chi connectivity index (χ3n) is 2.10. The second kappa shape index (κ2) is 3.50. The number of hydrogen-bond donors (Lipinski definition) is 1. The summed E-state index contributed by atoms with van der Waals surface area (Å²) in [5.41, 5.74) is 9.63. The molecule has 0 unspecified atom stereocenters. The van der Waals surface area contributed by atoms with E-state index in [2.05, 4.69) is 4.98 Å². The molecule has 2 aromatic rings. The Balaban J connectivity index is 2.53. The van der Waals surface area contributed by atoms with E-state index in [0.717, 1.165) is 22.5 Å². The second-order valence-corrected chi connectivity index (χ2v) is 3.32. The molecule has 1 aromatic heterocycles. The van der Waals surface area contributed by atoms with Crippen molar-refractivity contribution in [1.29, 1.82) is 0 Å². The highest BCUT2D eigenvalue weighted by molar-refractivity contribution is 5.72. The van der Waals surface area contributed by atoms with Gasteiger partial charge in [-0.1, -0.05) is 30.3 Å². The van der Waals surface area contributed by atoms with Crippen LogP contribution in [0.1, 0.15) is 5.56 Å². The van der Waals surface area contributed by atoms with Crippen LogP contribution in [0.5, 0.6) is 0 Å². The molecule has 0 spiro atoms. The van der Waals surface area contributed by atoms with E-state index in [0.29, 0.717) is 0 Å². The summed E-state index contributed by atoms with van der Waals surface area (Å²) in [6, 6.07) is 11.9. The number of anilines is 1. The Bertz CT molecular complexity index is 435. The SMILES string of the molecule is Cc1cnc(-c2ccccc2)c(N)c1. The summed E-state index contributed by atoms with van der Waals surface area (Å²) in [4.78, 5) is 4.32. The quantitative estimate of drug-likeness (QED) is 0.740. The molecule has 0 aliphatic rings. The molecule has 2 rings (SSSR count). The molecule has 0 atom stereocenters. The number of rotatable bonds is 1. The van der Waals surface area contributed by atoms with Crippen LogP contribution in [0.15, 0.2) is 42.6 Å². The highest BCUT2D eigenvalue weighted by atomic mass is 14.7. The van der Waals surface area contributed by atoms with Crippen LogP contribution >= 0.6 is 0 Å². The van der Waals surface area contributed by atoms with E-state index in [-0.39, 0.29) is 0 Å². The van der Waals surface area contributed by atoms with Gasteiger partial charge in [-0.2, -0.15) is 0 Å². The van der Waals surface area contributed by atoms with Gasteiger partial charge in [-0.3, -0.25) is 4.98 Å². The maximum Gasteiger partial charge on any atom is 0.0931 e. The summed E-state index contributed by atoms with van der Waals surface area (Å²) in [5, 5.41) is 0. The van der Waals surface area contributed by atoms with Gasteiger partial charge in [-0.05, 0) is 18.6 Å². The van der Waals surface area contributed by atoms with Crippen molar-refractivity contribution < 1.29 is 0 Å². The van der Waals surface area contributed by atoms with Crippen LogP contribution < -0.4 is 5.73 Å². The molecule has 2 heteroatoms. The summed E-state index contributed by atoms with van der Waals surface area (Å²) in [7, 11) is 0. The third kappa shape index (κ3) is 1.59. The van der Waals surface area contributed by atoms with Gasteiger partial charge in [0.05, 0.1) is 11.4 Å². The van der Waals surface area contributed by atoms with Crippen molar-refractivity contribution in [3.63, 3.8) is 0 Å². The monoisotopic (exact) mass is 184 g/mol. The van der Waals surface area contributed by atoms with Crippen molar-refractivity contribution >= 4 is 5.69 Å². The number of nitrogen functional groups attached to an aromatic ring is 1. The minimum Gasteiger partial charge on any atom is -0.397 e. The van der Waals surface area contributed by atoms with E-state index in [1.54, 1.807) is 0 Å². The summed E-state index contributed by atoms with van der Waals surface area (Å²) < 4.78 is 0. The zero-order chi connectivity index (χ0) is 9.97. The lowest BCUT2D eigenvalue weighted by Gasteiger charge is -2.04. The topological polar surface area (TPSA) is 38.9 Å². The molecule has 0 amide bonds. The molecule has 1 heterocycles. The Morgan fingerprint density at radius 3 is 2.50 bits per heavy atom. The molecule has 0 bridgehead atoms. The molecule has 0 radical (unpaired) electrons. The smallest absolute Gasteiger partial charge is 0.0931 e. The third-order valence-corrected chi connectivity index (χ3v) is 2.10. The first kappa shape index (κ1) is 8.75. The molecule has 1 aromatic carbocycles. The first-order valence-corrected chi connectivity index (χ1v) is 4.55. The normalized spacial score (nSPS) is 10.1. The van der Waals surface area contributed by atoms with Crippen LogP contribution in [-0.2, 0) is 0 Å². The Kier molecular flexibility index (Phi) is 2.19. The fourth-order valence-corrected chi connectivity index (χ4v) is 1.43. The van der Waals surface area contributed by atoms with E-state index in [4.69, 9.17) is 5.73 Å². The Hall–Kier alpha value is -1.83. The van der Waals surface area contributed by atoms with Crippen molar-refractivity contribution in [2.24, 2.45) is 0 Å². The van der Waals surface area contributed by atoms with Crippen molar-refractivity contribution in [3.8, 4) is 11.3 Å². The van der Waals surface area contributed by atoms with E-state index in [1.807, 2.05) is 49.5 Å². The number of hydrogen-bond acceptors (Lipinski definition) is 2. The van der Waals surface area contributed by atoms with E-state index < -0.39 is 0 Å². The summed E-state index contributed by atoms with van der Waals surface area (Å²) in [6.07, 6.45) is 1.83. The molecule has 2 N–H and O–H groups in total. The molecule has 14 heavy (non-hydrogen) atoms. The lowest BCUT2D eigenvalue weighted by molar-refractivity contribution is 1.27. The van der Waals surface area contributed by atoms with Crippen LogP contribution in [0.4, 0.5) is 5.69 Å². The van der Waals surface area contributed by atoms with Gasteiger partial charge >= 0.3 is 0 Å². The number of nitrogens with zero attached hydrogens (tertiary/aromatic N) is 1. The number of aryl methyl sites for hydroxylation is 1. The lowest BCUT2D eigenvalue weighted by Crippen LogP contribution is -1.93. The summed E-state index contributed by atoms with van der Waals surface area (Å²) >= 11 is 0. The highest BCUT2D eigenvalue weighted by Gasteiger charge is 2.02. The minimum absolute atomic E-state index is 0.733. The van der Waals surface area contributed by atoms with E-state index in [1.165, 1.54) is 0 Å². The Morgan fingerprint density at radius 2 is 1.86 bits per heavy atom. The molecule has 70 valence electrons. The molecular formula is C12H12N2. The molecule has 0 aliphatic heterocycles. The van der Waals surface area contributed by atoms with Gasteiger partial charge in [0.1, 0.15) is 0 Å². The van der Waals surface area contributed by atoms with Gasteiger partial charge in [0.15, 0.2) is 0 Å². The average molecular weight is 184 g/mol. The number of aromatic nitrogens is 1. The molecule has 0 fully saturated rings. The van der Waals surface area contributed by atoms with Crippen molar-refractivity contribution in [3.05, 3.63) is 48.2 Å². The molecule has 0 saturated carbocycles. The molecular weight excluding hydrogens is 172 g/mol. The van der Waals surface area contributed by atoms with Crippen LogP contribution in [0.2, 0.25) is 0 Å². The number of benzene rings is 1. The summed E-state index contributed by atoms with van der Waals surface area (Å²) in [6.45, 7) is 1.98. The largest absolute Gasteiger partial charge is 0.397 e. The molecule has 0 aliphatic carbocycles. The summed E-state index contributed by atoms with van der Waals surface area (Å²) in [5.74, 6) is 0. The number of nitrogens with two attached hydrogens (primary N) is 1. The van der Waals surface area contributed by atoms with Gasteiger partial charge in [-0.25, -0.2) is 0 Å². The fourth-order valence-electron chi connectivity index (χ4n) is 1.43. The van der Waals surface area contributed by atoms with Crippen LogP contribution in [0.3, 0.4) is 0 Å². The molecule has 2 nitrogen and oxygen atoms in total. The first-order chi connectivity index (χ1) is 6.77. The average Bonchev–Trinajstić information content (AvgIpc) is 2.19. The zero-order valence-corrected chi connectivity index (χ0v) is 8.07. The highest BCUT2D eigenvalue weighted by Crippen LogP contribution is 2.23. The predicted molar refractivity (Wildman–Crippen MR) is 58.8 cm³/mol. The predicted octanol–water partition coefficient (Wildman–Crippen LogP) is 2.64. The first-order valence-electron chi connectivity index (χ1n) is 4.55. The number of pyridine rings is 1. The maximum absolute atomic E-state index is 5.89. The van der Waals surface area contributed by atoms with Gasteiger partial charge in [0.25, 0.3) is 0 Å². The van der Waals surface area contributed by atoms with Crippen molar-refractivity contribution in [1.82, 2.24) is 4.98 Å². The van der Waals surface area contributed by atoms with Crippen LogP contribution in [0.25, 0.3) is 11.3 Å². The lowest BCUT2D eigenvalue weighted by atomic mass is 10.1. The van der Waals surface area contributed by atoms with Gasteiger partial charge in [-0.15, -0.1) is 0 Å². The van der Waals surface area contributed by atoms with Crippen molar-refractivity contribution in [2.45, 2.75) is 6.92 Å². The minimum atomic E-state index is 0.733. The zero-order valence-electron chi connectivity index (χ0n) is 8.07. The Morgan fingerprint density at radius 1 is 1.14 bits per heavy atom. The maximum atomic E-state index is 5.89. The van der Waals surface area contributed by atoms with E-state index in [9.17, 15) is 0 Å². The van der Waals surface area contributed by atoms with E-state index >= 15 is 0 Å². The van der Waals surface area contributed by atoms with Gasteiger partial charge in [0.2, 0.25) is 0 Å². The second-order valence-electron chi connectivity index (χ2n) is 3.32. The Labute approximate surface area is 83.4 Å². The van der Waals surface area contributed by atoms with Crippen molar-refractivity contribution in [2.75, 3.05) is 5.73 Å². The van der Waals surface area contributed by atoms with Gasteiger partial charge < -0.3 is 5.73 Å².